The fraction of sp³-hybridized carbons (Fsp3) is 0.231. The number of aromatic nitrogens is 2. The minimum atomic E-state index is -0.221. The highest BCUT2D eigenvalue weighted by Gasteiger charge is 2.07. The maximum absolute atomic E-state index is 11.3. The number of ether oxygens (including phenoxy) is 1. The van der Waals surface area contributed by atoms with Crippen LogP contribution in [0.3, 0.4) is 0 Å². The zero-order valence-electron chi connectivity index (χ0n) is 10.7. The molecule has 6 heteroatoms. The summed E-state index contributed by atoms with van der Waals surface area (Å²) in [4.78, 5) is 11.3. The van der Waals surface area contributed by atoms with Crippen LogP contribution in [0.2, 0.25) is 5.02 Å². The van der Waals surface area contributed by atoms with Crippen LogP contribution < -0.4 is 10.1 Å². The van der Waals surface area contributed by atoms with E-state index >= 15 is 0 Å². The quantitative estimate of drug-likeness (QED) is 0.934. The molecule has 0 unspecified atom stereocenters. The molecule has 0 saturated carbocycles. The molecule has 0 saturated heterocycles. The molecule has 0 fully saturated rings. The maximum atomic E-state index is 11.3. The summed E-state index contributed by atoms with van der Waals surface area (Å²) in [5.41, 5.74) is 1.31. The number of amides is 1. The lowest BCUT2D eigenvalue weighted by molar-refractivity contribution is 0.0956. The van der Waals surface area contributed by atoms with Gasteiger partial charge in [0.25, 0.3) is 5.91 Å². The van der Waals surface area contributed by atoms with Crippen LogP contribution in [0, 0.1) is 6.92 Å². The van der Waals surface area contributed by atoms with Crippen molar-refractivity contribution in [2.45, 2.75) is 13.7 Å². The molecule has 19 heavy (non-hydrogen) atoms. The second kappa shape index (κ2) is 5.75. The lowest BCUT2D eigenvalue weighted by atomic mass is 10.2. The number of benzene rings is 1. The van der Waals surface area contributed by atoms with E-state index in [4.69, 9.17) is 16.3 Å². The zero-order valence-corrected chi connectivity index (χ0v) is 11.4. The third-order valence-electron chi connectivity index (χ3n) is 2.59. The van der Waals surface area contributed by atoms with Crippen LogP contribution in [0.25, 0.3) is 0 Å². The van der Waals surface area contributed by atoms with E-state index in [1.165, 1.54) is 0 Å². The van der Waals surface area contributed by atoms with Crippen molar-refractivity contribution in [3.63, 3.8) is 0 Å². The van der Waals surface area contributed by atoms with Gasteiger partial charge in [-0.15, -0.1) is 0 Å². The number of nitrogens with zero attached hydrogens (tertiary/aromatic N) is 2. The molecule has 0 radical (unpaired) electrons. The highest BCUT2D eigenvalue weighted by Crippen LogP contribution is 2.21. The Kier molecular flexibility index (Phi) is 4.06. The normalized spacial score (nSPS) is 10.3. The number of carbonyl (C=O) groups excluding carboxylic acids is 1. The first-order valence-electron chi connectivity index (χ1n) is 5.74. The van der Waals surface area contributed by atoms with Crippen molar-refractivity contribution in [3.8, 4) is 5.75 Å². The summed E-state index contributed by atoms with van der Waals surface area (Å²) in [5.74, 6) is 0.486. The van der Waals surface area contributed by atoms with Crippen LogP contribution in [0.5, 0.6) is 5.75 Å². The van der Waals surface area contributed by atoms with Gasteiger partial charge in [-0.3, -0.25) is 4.79 Å². The number of halogens is 1. The first-order valence-corrected chi connectivity index (χ1v) is 6.12. The molecule has 100 valence electrons. The lowest BCUT2D eigenvalue weighted by Crippen LogP contribution is -2.19. The third-order valence-corrected chi connectivity index (χ3v) is 3.02. The molecule has 1 N–H and O–H groups in total. The van der Waals surface area contributed by atoms with Crippen molar-refractivity contribution in [2.24, 2.45) is 0 Å². The summed E-state index contributed by atoms with van der Waals surface area (Å²) in [7, 11) is 1.56. The molecule has 1 heterocycles. The van der Waals surface area contributed by atoms with Gasteiger partial charge in [0.1, 0.15) is 11.4 Å². The molecule has 1 amide bonds. The Labute approximate surface area is 116 Å². The first kappa shape index (κ1) is 13.4. The SMILES string of the molecule is CNC(=O)c1ccn(COc2ccc(Cl)c(C)c2)n1. The number of nitrogens with one attached hydrogen (secondary N) is 1. The van der Waals surface area contributed by atoms with Crippen molar-refractivity contribution in [1.29, 1.82) is 0 Å². The number of hydrogen-bond acceptors (Lipinski definition) is 3. The van der Waals surface area contributed by atoms with Crippen molar-refractivity contribution in [1.82, 2.24) is 15.1 Å². The molecule has 2 rings (SSSR count). The van der Waals surface area contributed by atoms with Gasteiger partial charge in [0, 0.05) is 18.3 Å². The van der Waals surface area contributed by atoms with Gasteiger partial charge in [-0.05, 0) is 36.8 Å². The monoisotopic (exact) mass is 279 g/mol. The van der Waals surface area contributed by atoms with E-state index < -0.39 is 0 Å². The van der Waals surface area contributed by atoms with E-state index in [0.717, 1.165) is 5.56 Å². The number of hydrogen-bond donors (Lipinski definition) is 1. The predicted octanol–water partition coefficient (Wildman–Crippen LogP) is 2.24. The Morgan fingerprint density at radius 3 is 2.95 bits per heavy atom. The maximum Gasteiger partial charge on any atom is 0.271 e. The molecular weight excluding hydrogens is 266 g/mol. The van der Waals surface area contributed by atoms with E-state index in [1.54, 1.807) is 36.1 Å². The Bertz CT molecular complexity index is 595. The fourth-order valence-corrected chi connectivity index (χ4v) is 1.65. The van der Waals surface area contributed by atoms with Gasteiger partial charge in [-0.1, -0.05) is 11.6 Å². The number of carbonyl (C=O) groups is 1. The second-order valence-electron chi connectivity index (χ2n) is 4.00. The van der Waals surface area contributed by atoms with Crippen LogP contribution in [-0.4, -0.2) is 22.7 Å². The largest absolute Gasteiger partial charge is 0.471 e. The summed E-state index contributed by atoms with van der Waals surface area (Å²) >= 11 is 5.93. The Balaban J connectivity index is 2.00. The van der Waals surface area contributed by atoms with Gasteiger partial charge in [-0.25, -0.2) is 4.68 Å². The molecule has 0 aliphatic heterocycles. The second-order valence-corrected chi connectivity index (χ2v) is 4.41. The molecular formula is C13H14ClN3O2. The summed E-state index contributed by atoms with van der Waals surface area (Å²) < 4.78 is 7.11. The van der Waals surface area contributed by atoms with Crippen molar-refractivity contribution in [3.05, 3.63) is 46.7 Å². The van der Waals surface area contributed by atoms with Gasteiger partial charge < -0.3 is 10.1 Å². The summed E-state index contributed by atoms with van der Waals surface area (Å²) in [6, 6.07) is 7.06. The van der Waals surface area contributed by atoms with Gasteiger partial charge in [0.15, 0.2) is 6.73 Å². The summed E-state index contributed by atoms with van der Waals surface area (Å²) in [6.07, 6.45) is 1.69. The molecule has 0 spiro atoms. The van der Waals surface area contributed by atoms with Crippen LogP contribution in [0.15, 0.2) is 30.5 Å². The van der Waals surface area contributed by atoms with Crippen molar-refractivity contribution < 1.29 is 9.53 Å². The molecule has 0 aliphatic carbocycles. The van der Waals surface area contributed by atoms with E-state index in [-0.39, 0.29) is 12.6 Å². The Hall–Kier alpha value is -2.01. The lowest BCUT2D eigenvalue weighted by Gasteiger charge is -2.07. The third kappa shape index (κ3) is 3.26. The Morgan fingerprint density at radius 2 is 2.26 bits per heavy atom. The predicted molar refractivity (Wildman–Crippen MR) is 72.4 cm³/mol. The van der Waals surface area contributed by atoms with Crippen LogP contribution >= 0.6 is 11.6 Å². The molecule has 1 aromatic carbocycles. The molecule has 1 aromatic heterocycles. The van der Waals surface area contributed by atoms with Crippen LogP contribution in [-0.2, 0) is 6.73 Å². The average Bonchev–Trinajstić information content (AvgIpc) is 2.88. The molecule has 0 bridgehead atoms. The first-order chi connectivity index (χ1) is 9.10. The summed E-state index contributed by atoms with van der Waals surface area (Å²) in [6.45, 7) is 2.14. The molecule has 2 aromatic rings. The summed E-state index contributed by atoms with van der Waals surface area (Å²) in [5, 5.41) is 7.30. The van der Waals surface area contributed by atoms with Crippen molar-refractivity contribution >= 4 is 17.5 Å². The van der Waals surface area contributed by atoms with E-state index in [0.29, 0.717) is 16.5 Å². The average molecular weight is 280 g/mol. The molecule has 0 atom stereocenters. The fourth-order valence-electron chi connectivity index (χ4n) is 1.53. The van der Waals surface area contributed by atoms with Crippen molar-refractivity contribution in [2.75, 3.05) is 7.05 Å². The standard InChI is InChI=1S/C13H14ClN3O2/c1-9-7-10(3-4-11(9)14)19-8-17-6-5-12(16-17)13(18)15-2/h3-7H,8H2,1-2H3,(H,15,18). The van der Waals surface area contributed by atoms with E-state index in [9.17, 15) is 4.79 Å². The number of aryl methyl sites for hydroxylation is 1. The minimum absolute atomic E-state index is 0.221. The minimum Gasteiger partial charge on any atom is -0.471 e. The van der Waals surface area contributed by atoms with Gasteiger partial charge >= 0.3 is 0 Å². The van der Waals surface area contributed by atoms with Gasteiger partial charge in [0.05, 0.1) is 0 Å². The van der Waals surface area contributed by atoms with Crippen LogP contribution in [0.4, 0.5) is 0 Å². The van der Waals surface area contributed by atoms with E-state index in [2.05, 4.69) is 10.4 Å². The molecule has 5 nitrogen and oxygen atoms in total. The highest BCUT2D eigenvalue weighted by atomic mass is 35.5. The topological polar surface area (TPSA) is 56.2 Å². The Morgan fingerprint density at radius 1 is 1.47 bits per heavy atom. The molecule has 0 aliphatic rings. The van der Waals surface area contributed by atoms with Gasteiger partial charge in [0.2, 0.25) is 0 Å². The smallest absolute Gasteiger partial charge is 0.271 e. The zero-order chi connectivity index (χ0) is 13.8. The van der Waals surface area contributed by atoms with E-state index in [1.807, 2.05) is 13.0 Å². The van der Waals surface area contributed by atoms with Gasteiger partial charge in [-0.2, -0.15) is 5.10 Å². The number of rotatable bonds is 4. The highest BCUT2D eigenvalue weighted by molar-refractivity contribution is 6.31. The van der Waals surface area contributed by atoms with Crippen LogP contribution in [0.1, 0.15) is 16.1 Å².